The van der Waals surface area contributed by atoms with Crippen molar-refractivity contribution in [1.82, 2.24) is 4.98 Å². The van der Waals surface area contributed by atoms with Crippen molar-refractivity contribution in [2.45, 2.75) is 45.6 Å². The molecule has 0 aliphatic heterocycles. The minimum atomic E-state index is 0.657. The molecule has 0 aromatic carbocycles. The molecule has 0 radical (unpaired) electrons. The summed E-state index contributed by atoms with van der Waals surface area (Å²) in [7, 11) is 0. The first kappa shape index (κ1) is 9.97. The Morgan fingerprint density at radius 2 is 2.36 bits per heavy atom. The van der Waals surface area contributed by atoms with E-state index in [4.69, 9.17) is 0 Å². The van der Waals surface area contributed by atoms with Gasteiger partial charge in [0.05, 0.1) is 0 Å². The lowest BCUT2D eigenvalue weighted by molar-refractivity contribution is 0.358. The summed E-state index contributed by atoms with van der Waals surface area (Å²) in [6, 6.07) is 0.657. The van der Waals surface area contributed by atoms with Gasteiger partial charge in [0.1, 0.15) is 0 Å². The van der Waals surface area contributed by atoms with Crippen LogP contribution < -0.4 is 5.32 Å². The van der Waals surface area contributed by atoms with Crippen molar-refractivity contribution < 1.29 is 0 Å². The van der Waals surface area contributed by atoms with Crippen molar-refractivity contribution in [3.8, 4) is 0 Å². The fraction of sp³-hybridized carbons (Fsp3) is 0.727. The third kappa shape index (κ3) is 2.47. The summed E-state index contributed by atoms with van der Waals surface area (Å²) >= 11 is 1.76. The molecular weight excluding hydrogens is 192 g/mol. The van der Waals surface area contributed by atoms with E-state index in [1.165, 1.54) is 30.6 Å². The Morgan fingerprint density at radius 3 is 3.00 bits per heavy atom. The first-order chi connectivity index (χ1) is 6.74. The zero-order chi connectivity index (χ0) is 9.97. The van der Waals surface area contributed by atoms with Crippen molar-refractivity contribution in [2.24, 2.45) is 5.92 Å². The number of hydrogen-bond donors (Lipinski definition) is 1. The van der Waals surface area contributed by atoms with Crippen molar-refractivity contribution in [3.63, 3.8) is 0 Å². The third-order valence-corrected chi connectivity index (χ3v) is 3.73. The highest BCUT2D eigenvalue weighted by atomic mass is 32.1. The predicted molar refractivity (Wildman–Crippen MR) is 61.9 cm³/mol. The largest absolute Gasteiger partial charge is 0.359 e. The van der Waals surface area contributed by atoms with Gasteiger partial charge in [0, 0.05) is 17.1 Å². The third-order valence-electron chi connectivity index (χ3n) is 2.89. The summed E-state index contributed by atoms with van der Waals surface area (Å²) in [6.45, 7) is 4.45. The number of rotatable bonds is 2. The van der Waals surface area contributed by atoms with Gasteiger partial charge in [-0.15, -0.1) is 11.3 Å². The molecule has 1 saturated carbocycles. The van der Waals surface area contributed by atoms with Crippen molar-refractivity contribution >= 4 is 16.5 Å². The van der Waals surface area contributed by atoms with E-state index in [0.717, 1.165) is 11.0 Å². The normalized spacial score (nSPS) is 27.6. The van der Waals surface area contributed by atoms with E-state index in [-0.39, 0.29) is 0 Å². The molecule has 14 heavy (non-hydrogen) atoms. The van der Waals surface area contributed by atoms with Gasteiger partial charge in [0.2, 0.25) is 0 Å². The molecule has 2 unspecified atom stereocenters. The van der Waals surface area contributed by atoms with Gasteiger partial charge in [-0.05, 0) is 25.7 Å². The van der Waals surface area contributed by atoms with Crippen LogP contribution in [0.4, 0.5) is 5.13 Å². The number of thiazole rings is 1. The molecule has 1 aliphatic carbocycles. The Hall–Kier alpha value is -0.570. The van der Waals surface area contributed by atoms with Crippen LogP contribution in [0, 0.1) is 12.8 Å². The quantitative estimate of drug-likeness (QED) is 0.808. The number of aromatic nitrogens is 1. The number of anilines is 1. The lowest BCUT2D eigenvalue weighted by Crippen LogP contribution is -2.25. The second-order valence-electron chi connectivity index (χ2n) is 4.39. The maximum Gasteiger partial charge on any atom is 0.183 e. The van der Waals surface area contributed by atoms with E-state index in [0.29, 0.717) is 6.04 Å². The van der Waals surface area contributed by atoms with Crippen LogP contribution >= 0.6 is 11.3 Å². The topological polar surface area (TPSA) is 24.9 Å². The molecule has 1 aliphatic rings. The molecule has 3 heteroatoms. The zero-order valence-corrected chi connectivity index (χ0v) is 9.73. The fourth-order valence-corrected chi connectivity index (χ4v) is 2.90. The highest BCUT2D eigenvalue weighted by Crippen LogP contribution is 2.27. The Balaban J connectivity index is 1.90. The molecule has 1 N–H and O–H groups in total. The van der Waals surface area contributed by atoms with Crippen molar-refractivity contribution in [3.05, 3.63) is 11.1 Å². The summed E-state index contributed by atoms with van der Waals surface area (Å²) in [4.78, 5) is 5.63. The Bertz CT molecular complexity index is 295. The Kier molecular flexibility index (Phi) is 3.06. The molecule has 2 nitrogen and oxygen atoms in total. The van der Waals surface area contributed by atoms with Gasteiger partial charge in [-0.2, -0.15) is 0 Å². The van der Waals surface area contributed by atoms with Crippen molar-refractivity contribution in [2.75, 3.05) is 5.32 Å². The monoisotopic (exact) mass is 210 g/mol. The lowest BCUT2D eigenvalue weighted by Gasteiger charge is -2.27. The Morgan fingerprint density at radius 1 is 1.50 bits per heavy atom. The molecule has 0 saturated heterocycles. The van der Waals surface area contributed by atoms with Gasteiger partial charge < -0.3 is 5.32 Å². The van der Waals surface area contributed by atoms with Crippen molar-refractivity contribution in [1.29, 1.82) is 0 Å². The fourth-order valence-electron chi connectivity index (χ4n) is 2.16. The van der Waals surface area contributed by atoms with Crippen LogP contribution in [0.25, 0.3) is 0 Å². The van der Waals surface area contributed by atoms with Gasteiger partial charge in [0.15, 0.2) is 5.13 Å². The summed E-state index contributed by atoms with van der Waals surface area (Å²) in [5, 5.41) is 4.64. The smallest absolute Gasteiger partial charge is 0.183 e. The molecule has 1 heterocycles. The van der Waals surface area contributed by atoms with Crippen LogP contribution in [0.2, 0.25) is 0 Å². The maximum atomic E-state index is 4.34. The van der Waals surface area contributed by atoms with E-state index in [2.05, 4.69) is 24.1 Å². The standard InChI is InChI=1S/C11H18N2S/c1-8-4-3-5-10(6-8)13-11-12-7-9(2)14-11/h7-8,10H,3-6H2,1-2H3,(H,12,13). The highest BCUT2D eigenvalue weighted by Gasteiger charge is 2.19. The summed E-state index contributed by atoms with van der Waals surface area (Å²) < 4.78 is 0. The van der Waals surface area contributed by atoms with E-state index in [9.17, 15) is 0 Å². The van der Waals surface area contributed by atoms with E-state index in [1.807, 2.05) is 6.20 Å². The lowest BCUT2D eigenvalue weighted by atomic mass is 9.87. The SMILES string of the molecule is Cc1cnc(NC2CCCC(C)C2)s1. The highest BCUT2D eigenvalue weighted by molar-refractivity contribution is 7.15. The molecule has 2 atom stereocenters. The molecule has 0 bridgehead atoms. The number of nitrogens with one attached hydrogen (secondary N) is 1. The molecule has 1 aromatic heterocycles. The first-order valence-electron chi connectivity index (χ1n) is 5.43. The summed E-state index contributed by atoms with van der Waals surface area (Å²) in [6.07, 6.45) is 7.32. The summed E-state index contributed by atoms with van der Waals surface area (Å²) in [5.41, 5.74) is 0. The van der Waals surface area contributed by atoms with Crippen LogP contribution in [0.3, 0.4) is 0 Å². The van der Waals surface area contributed by atoms with E-state index in [1.54, 1.807) is 11.3 Å². The maximum absolute atomic E-state index is 4.34. The van der Waals surface area contributed by atoms with Gasteiger partial charge in [-0.25, -0.2) is 4.98 Å². The molecule has 0 spiro atoms. The number of aryl methyl sites for hydroxylation is 1. The molecule has 1 fully saturated rings. The average Bonchev–Trinajstić information content (AvgIpc) is 2.51. The number of hydrogen-bond acceptors (Lipinski definition) is 3. The molecule has 0 amide bonds. The van der Waals surface area contributed by atoms with Gasteiger partial charge in [-0.3, -0.25) is 0 Å². The second kappa shape index (κ2) is 4.30. The molecule has 2 rings (SSSR count). The molecular formula is C11H18N2S. The zero-order valence-electron chi connectivity index (χ0n) is 8.92. The molecule has 1 aromatic rings. The first-order valence-corrected chi connectivity index (χ1v) is 6.24. The van der Waals surface area contributed by atoms with Gasteiger partial charge in [-0.1, -0.05) is 19.8 Å². The number of nitrogens with zero attached hydrogens (tertiary/aromatic N) is 1. The van der Waals surface area contributed by atoms with Crippen LogP contribution in [0.15, 0.2) is 6.20 Å². The van der Waals surface area contributed by atoms with Crippen LogP contribution in [0.1, 0.15) is 37.5 Å². The molecule has 78 valence electrons. The van der Waals surface area contributed by atoms with E-state index < -0.39 is 0 Å². The predicted octanol–water partition coefficient (Wildman–Crippen LogP) is 3.44. The summed E-state index contributed by atoms with van der Waals surface area (Å²) in [5.74, 6) is 0.877. The van der Waals surface area contributed by atoms with Gasteiger partial charge in [0.25, 0.3) is 0 Å². The van der Waals surface area contributed by atoms with E-state index >= 15 is 0 Å². The van der Waals surface area contributed by atoms with Crippen LogP contribution in [0.5, 0.6) is 0 Å². The Labute approximate surface area is 89.8 Å². The minimum absolute atomic E-state index is 0.657. The van der Waals surface area contributed by atoms with Crippen LogP contribution in [-0.4, -0.2) is 11.0 Å². The average molecular weight is 210 g/mol. The van der Waals surface area contributed by atoms with Gasteiger partial charge >= 0.3 is 0 Å². The van der Waals surface area contributed by atoms with Crippen LogP contribution in [-0.2, 0) is 0 Å². The second-order valence-corrected chi connectivity index (χ2v) is 5.62. The minimum Gasteiger partial charge on any atom is -0.359 e.